The monoisotopic (exact) mass is 456 g/mol. The van der Waals surface area contributed by atoms with Crippen molar-refractivity contribution in [1.82, 2.24) is 0 Å². The van der Waals surface area contributed by atoms with Gasteiger partial charge in [0.1, 0.15) is 18.2 Å². The van der Waals surface area contributed by atoms with Gasteiger partial charge in [0.2, 0.25) is 0 Å². The van der Waals surface area contributed by atoms with Gasteiger partial charge in [0, 0.05) is 29.8 Å². The number of nitrogens with two attached hydrogens (primary N) is 1. The summed E-state index contributed by atoms with van der Waals surface area (Å²) in [6.45, 7) is 5.82. The number of rotatable bonds is 6. The number of nitro benzene ring substituents is 1. The Balaban J connectivity index is 1.90. The molecule has 2 aromatic carbocycles. The zero-order valence-corrected chi connectivity index (χ0v) is 18.8. The Morgan fingerprint density at radius 2 is 2.03 bits per heavy atom. The van der Waals surface area contributed by atoms with E-state index in [2.05, 4.69) is 12.6 Å². The maximum atomic E-state index is 13.2. The highest BCUT2D eigenvalue weighted by atomic mass is 16.6. The van der Waals surface area contributed by atoms with Crippen molar-refractivity contribution in [2.75, 3.05) is 11.5 Å². The molecule has 2 aromatic rings. The molecule has 0 amide bonds. The molecule has 34 heavy (non-hydrogen) atoms. The molecule has 0 unspecified atom stereocenters. The van der Waals surface area contributed by atoms with Gasteiger partial charge >= 0.3 is 0 Å². The number of hydrogen-bond acceptors (Lipinski definition) is 7. The van der Waals surface area contributed by atoms with Crippen molar-refractivity contribution in [3.63, 3.8) is 0 Å². The van der Waals surface area contributed by atoms with Gasteiger partial charge < -0.3 is 10.5 Å². The number of benzene rings is 2. The number of ketones is 1. The van der Waals surface area contributed by atoms with Gasteiger partial charge in [0.25, 0.3) is 5.69 Å². The van der Waals surface area contributed by atoms with Gasteiger partial charge in [-0.3, -0.25) is 19.8 Å². The van der Waals surface area contributed by atoms with Crippen LogP contribution in [-0.4, -0.2) is 17.3 Å². The van der Waals surface area contributed by atoms with E-state index in [1.807, 2.05) is 19.1 Å². The lowest BCUT2D eigenvalue weighted by Gasteiger charge is -2.40. The molecule has 4 rings (SSSR count). The molecule has 1 atom stereocenters. The smallest absolute Gasteiger partial charge is 0.271 e. The van der Waals surface area contributed by atoms with Crippen LogP contribution in [0.25, 0.3) is 0 Å². The minimum absolute atomic E-state index is 0.0495. The minimum atomic E-state index is -0.614. The van der Waals surface area contributed by atoms with E-state index in [-0.39, 0.29) is 22.9 Å². The molecule has 1 heterocycles. The van der Waals surface area contributed by atoms with Gasteiger partial charge in [-0.15, -0.1) is 0 Å². The molecule has 8 heteroatoms. The number of ether oxygens (including phenoxy) is 1. The summed E-state index contributed by atoms with van der Waals surface area (Å²) in [4.78, 5) is 25.8. The molecular formula is C26H24N4O4. The first kappa shape index (κ1) is 22.8. The average Bonchev–Trinajstić information content (AvgIpc) is 2.83. The van der Waals surface area contributed by atoms with Crippen molar-refractivity contribution in [1.29, 1.82) is 5.26 Å². The Bertz CT molecular complexity index is 1280. The van der Waals surface area contributed by atoms with Crippen LogP contribution in [-0.2, 0) is 4.79 Å². The normalized spacial score (nSPS) is 17.8. The van der Waals surface area contributed by atoms with Crippen LogP contribution in [0.15, 0.2) is 77.8 Å². The Labute approximate surface area is 197 Å². The molecule has 2 N–H and O–H groups in total. The zero-order chi connectivity index (χ0) is 24.4. The summed E-state index contributed by atoms with van der Waals surface area (Å²) in [6, 6.07) is 13.9. The summed E-state index contributed by atoms with van der Waals surface area (Å²) in [5.41, 5.74) is 9.91. The summed E-state index contributed by atoms with van der Waals surface area (Å²) in [7, 11) is 0. The summed E-state index contributed by atoms with van der Waals surface area (Å²) >= 11 is 0. The van der Waals surface area contributed by atoms with Crippen LogP contribution < -0.4 is 15.4 Å². The molecule has 0 aromatic heterocycles. The second-order valence-corrected chi connectivity index (χ2v) is 8.21. The van der Waals surface area contributed by atoms with Crippen LogP contribution in [0.4, 0.5) is 11.4 Å². The summed E-state index contributed by atoms with van der Waals surface area (Å²) in [6.07, 6.45) is 3.22. The van der Waals surface area contributed by atoms with Crippen molar-refractivity contribution in [3.8, 4) is 11.8 Å². The number of nitrogens with zero attached hydrogens (tertiary/aromatic N) is 3. The fourth-order valence-electron chi connectivity index (χ4n) is 4.56. The van der Waals surface area contributed by atoms with Crippen LogP contribution >= 0.6 is 0 Å². The Hall–Kier alpha value is -4.38. The number of nitro groups is 1. The number of aryl methyl sites for hydroxylation is 1. The van der Waals surface area contributed by atoms with Crippen LogP contribution in [0.3, 0.4) is 0 Å². The third-order valence-corrected chi connectivity index (χ3v) is 6.14. The van der Waals surface area contributed by atoms with Crippen LogP contribution in [0.1, 0.15) is 36.3 Å². The molecule has 172 valence electrons. The van der Waals surface area contributed by atoms with Crippen molar-refractivity contribution in [2.24, 2.45) is 5.73 Å². The number of nitriles is 1. The number of non-ortho nitro benzene ring substituents is 1. The molecule has 0 radical (unpaired) electrons. The van der Waals surface area contributed by atoms with Crippen LogP contribution in [0.2, 0.25) is 0 Å². The average molecular weight is 457 g/mol. The third kappa shape index (κ3) is 3.92. The molecule has 2 aliphatic rings. The summed E-state index contributed by atoms with van der Waals surface area (Å²) in [5, 5.41) is 21.5. The molecule has 8 nitrogen and oxygen atoms in total. The van der Waals surface area contributed by atoms with Gasteiger partial charge in [0.15, 0.2) is 5.78 Å². The predicted molar refractivity (Wildman–Crippen MR) is 128 cm³/mol. The second-order valence-electron chi connectivity index (χ2n) is 8.21. The summed E-state index contributed by atoms with van der Waals surface area (Å²) < 4.78 is 5.56. The molecule has 0 saturated carbocycles. The van der Waals surface area contributed by atoms with E-state index in [0.29, 0.717) is 48.6 Å². The predicted octanol–water partition coefficient (Wildman–Crippen LogP) is 4.77. The van der Waals surface area contributed by atoms with E-state index < -0.39 is 10.8 Å². The highest BCUT2D eigenvalue weighted by Crippen LogP contribution is 2.47. The van der Waals surface area contributed by atoms with Gasteiger partial charge in [-0.05, 0) is 43.0 Å². The standard InChI is InChI=1S/C26H24N4O4/c1-3-13-34-19-11-8-17(9-12-19)24-20(15-27)26(28)29(21-5-4-6-23(31)25(21)24)22-14-18(30(32)33)10-7-16(22)2/h3,7-12,14,24H,1,4-6,13,28H2,2H3/t24-/m0/s1. The highest BCUT2D eigenvalue weighted by molar-refractivity contribution is 6.01. The van der Waals surface area contributed by atoms with Crippen molar-refractivity contribution in [3.05, 3.63) is 99.0 Å². The lowest BCUT2D eigenvalue weighted by atomic mass is 9.75. The third-order valence-electron chi connectivity index (χ3n) is 6.14. The Morgan fingerprint density at radius 3 is 2.68 bits per heavy atom. The molecule has 0 spiro atoms. The first-order valence-electron chi connectivity index (χ1n) is 10.9. The van der Waals surface area contributed by atoms with Gasteiger partial charge in [-0.2, -0.15) is 5.26 Å². The largest absolute Gasteiger partial charge is 0.490 e. The maximum absolute atomic E-state index is 13.2. The van der Waals surface area contributed by atoms with Crippen molar-refractivity contribution >= 4 is 17.2 Å². The SMILES string of the molecule is C=CCOc1ccc([C@H]2C(C#N)=C(N)N(c3cc([N+](=O)[O-])ccc3C)C3=C2C(=O)CCC3)cc1. The van der Waals surface area contributed by atoms with E-state index in [9.17, 15) is 20.2 Å². The number of Topliss-reactive ketones (excluding diaryl/α,β-unsaturated/α-hetero) is 1. The second kappa shape index (κ2) is 9.24. The molecule has 0 saturated heterocycles. The van der Waals surface area contributed by atoms with Crippen LogP contribution in [0, 0.1) is 28.4 Å². The van der Waals surface area contributed by atoms with Gasteiger partial charge in [-0.25, -0.2) is 0 Å². The summed E-state index contributed by atoms with van der Waals surface area (Å²) in [5.74, 6) is 0.160. The van der Waals surface area contributed by atoms with E-state index in [0.717, 1.165) is 11.1 Å². The minimum Gasteiger partial charge on any atom is -0.490 e. The molecule has 0 bridgehead atoms. The van der Waals surface area contributed by atoms with Gasteiger partial charge in [0.05, 0.1) is 28.2 Å². The number of anilines is 1. The fraction of sp³-hybridized carbons (Fsp3) is 0.231. The quantitative estimate of drug-likeness (QED) is 0.377. The van der Waals surface area contributed by atoms with Crippen molar-refractivity contribution < 1.29 is 14.5 Å². The number of carbonyl (C=O) groups is 1. The topological polar surface area (TPSA) is 122 Å². The lowest BCUT2D eigenvalue weighted by molar-refractivity contribution is -0.384. The molecule has 1 aliphatic carbocycles. The Kier molecular flexibility index (Phi) is 6.19. The Morgan fingerprint density at radius 1 is 1.29 bits per heavy atom. The van der Waals surface area contributed by atoms with E-state index in [4.69, 9.17) is 10.5 Å². The highest BCUT2D eigenvalue weighted by Gasteiger charge is 2.40. The van der Waals surface area contributed by atoms with E-state index in [1.165, 1.54) is 12.1 Å². The molecular weight excluding hydrogens is 432 g/mol. The van der Waals surface area contributed by atoms with Crippen molar-refractivity contribution in [2.45, 2.75) is 32.1 Å². The molecule has 1 aliphatic heterocycles. The lowest BCUT2D eigenvalue weighted by Crippen LogP contribution is -2.39. The van der Waals surface area contributed by atoms with E-state index >= 15 is 0 Å². The number of carbonyl (C=O) groups excluding carboxylic acids is 1. The fourth-order valence-corrected chi connectivity index (χ4v) is 4.56. The zero-order valence-electron chi connectivity index (χ0n) is 18.8. The first-order chi connectivity index (χ1) is 16.4. The maximum Gasteiger partial charge on any atom is 0.271 e. The molecule has 0 fully saturated rings. The van der Waals surface area contributed by atoms with E-state index in [1.54, 1.807) is 29.2 Å². The first-order valence-corrected chi connectivity index (χ1v) is 10.9. The van der Waals surface area contributed by atoms with Gasteiger partial charge in [-0.1, -0.05) is 30.9 Å². The number of hydrogen-bond donors (Lipinski definition) is 1. The van der Waals surface area contributed by atoms with Crippen LogP contribution in [0.5, 0.6) is 5.75 Å². The number of allylic oxidation sites excluding steroid dienone is 3.